The molecule has 1 rings (SSSR count). The van der Waals surface area contributed by atoms with E-state index < -0.39 is 0 Å². The first-order chi connectivity index (χ1) is 11.0. The van der Waals surface area contributed by atoms with Gasteiger partial charge in [-0.1, -0.05) is 83.4 Å². The molecular weight excluding hydrogens is 280 g/mol. The van der Waals surface area contributed by atoms with Crippen molar-refractivity contribution in [3.05, 3.63) is 41.5 Å². The van der Waals surface area contributed by atoms with E-state index in [0.717, 1.165) is 25.2 Å². The summed E-state index contributed by atoms with van der Waals surface area (Å²) in [7, 11) is 0. The summed E-state index contributed by atoms with van der Waals surface area (Å²) >= 11 is 0. The van der Waals surface area contributed by atoms with Gasteiger partial charge in [-0.05, 0) is 43.2 Å². The molecule has 2 atom stereocenters. The van der Waals surface area contributed by atoms with E-state index in [1.165, 1.54) is 30.4 Å². The molecule has 0 aromatic heterocycles. The van der Waals surface area contributed by atoms with Crippen LogP contribution in [0.3, 0.4) is 0 Å². The van der Waals surface area contributed by atoms with Crippen molar-refractivity contribution in [2.75, 3.05) is 6.61 Å². The van der Waals surface area contributed by atoms with E-state index in [1.807, 2.05) is 0 Å². The van der Waals surface area contributed by atoms with Crippen LogP contribution in [0.5, 0.6) is 0 Å². The normalized spacial score (nSPS) is 15.7. The third-order valence-corrected chi connectivity index (χ3v) is 5.07. The van der Waals surface area contributed by atoms with E-state index in [1.54, 1.807) is 0 Å². The molecule has 0 heterocycles. The van der Waals surface area contributed by atoms with Gasteiger partial charge in [0.2, 0.25) is 0 Å². The molecule has 0 N–H and O–H groups in total. The summed E-state index contributed by atoms with van der Waals surface area (Å²) < 4.78 is 6.17. The van der Waals surface area contributed by atoms with E-state index in [4.69, 9.17) is 4.74 Å². The summed E-state index contributed by atoms with van der Waals surface area (Å²) in [6, 6.07) is 8.76. The second kappa shape index (κ2) is 10.6. The van der Waals surface area contributed by atoms with Crippen LogP contribution in [0.25, 0.3) is 6.08 Å². The highest BCUT2D eigenvalue weighted by molar-refractivity contribution is 5.49. The SMILES string of the molecule is CCc1ccc(/C=C/COC(C)(CC)CCCC(C)CC)cc1. The molecule has 0 fully saturated rings. The summed E-state index contributed by atoms with van der Waals surface area (Å²) in [6.07, 6.45) is 11.5. The highest BCUT2D eigenvalue weighted by atomic mass is 16.5. The van der Waals surface area contributed by atoms with Crippen LogP contribution in [-0.2, 0) is 11.2 Å². The minimum absolute atomic E-state index is 0.0177. The third kappa shape index (κ3) is 7.83. The van der Waals surface area contributed by atoms with E-state index in [0.29, 0.717) is 6.61 Å². The van der Waals surface area contributed by atoms with Crippen LogP contribution in [0.2, 0.25) is 0 Å². The lowest BCUT2D eigenvalue weighted by molar-refractivity contribution is -0.0274. The Morgan fingerprint density at radius 1 is 1.13 bits per heavy atom. The molecule has 1 heteroatoms. The summed E-state index contributed by atoms with van der Waals surface area (Å²) in [5, 5.41) is 0. The lowest BCUT2D eigenvalue weighted by atomic mass is 9.92. The zero-order valence-electron chi connectivity index (χ0n) is 15.9. The second-order valence-electron chi connectivity index (χ2n) is 7.02. The predicted octanol–water partition coefficient (Wildman–Crippen LogP) is 6.66. The van der Waals surface area contributed by atoms with Crippen LogP contribution in [0.15, 0.2) is 30.3 Å². The largest absolute Gasteiger partial charge is 0.371 e. The van der Waals surface area contributed by atoms with Gasteiger partial charge in [0.15, 0.2) is 0 Å². The fraction of sp³-hybridized carbons (Fsp3) is 0.636. The molecular formula is C22H36O. The van der Waals surface area contributed by atoms with Crippen LogP contribution in [-0.4, -0.2) is 12.2 Å². The van der Waals surface area contributed by atoms with Crippen molar-refractivity contribution >= 4 is 6.08 Å². The van der Waals surface area contributed by atoms with Crippen LogP contribution in [0, 0.1) is 5.92 Å². The monoisotopic (exact) mass is 316 g/mol. The molecule has 0 aliphatic heterocycles. The van der Waals surface area contributed by atoms with Crippen LogP contribution in [0.1, 0.15) is 77.8 Å². The van der Waals surface area contributed by atoms with E-state index in [2.05, 4.69) is 71.0 Å². The molecule has 0 saturated carbocycles. The summed E-state index contributed by atoms with van der Waals surface area (Å²) in [5.41, 5.74) is 2.66. The summed E-state index contributed by atoms with van der Waals surface area (Å²) in [6.45, 7) is 12.0. The van der Waals surface area contributed by atoms with Gasteiger partial charge in [0.05, 0.1) is 12.2 Å². The molecule has 0 saturated heterocycles. The fourth-order valence-corrected chi connectivity index (χ4v) is 2.68. The number of benzene rings is 1. The van der Waals surface area contributed by atoms with Crippen LogP contribution in [0.4, 0.5) is 0 Å². The molecule has 1 aromatic carbocycles. The standard InChI is InChI=1S/C22H36O/c1-6-19(4)11-9-17-22(5,8-3)23-18-10-12-21-15-13-20(7-2)14-16-21/h10,12-16,19H,6-9,11,17-18H2,1-5H3/b12-10+. The third-order valence-electron chi connectivity index (χ3n) is 5.07. The molecule has 2 unspecified atom stereocenters. The smallest absolute Gasteiger partial charge is 0.0658 e. The van der Waals surface area contributed by atoms with Gasteiger partial charge < -0.3 is 4.74 Å². The molecule has 1 nitrogen and oxygen atoms in total. The maximum absolute atomic E-state index is 6.17. The van der Waals surface area contributed by atoms with Crippen LogP contribution >= 0.6 is 0 Å². The number of rotatable bonds is 11. The molecule has 0 spiro atoms. The maximum atomic E-state index is 6.17. The number of hydrogen-bond acceptors (Lipinski definition) is 1. The predicted molar refractivity (Wildman–Crippen MR) is 103 cm³/mol. The van der Waals surface area contributed by atoms with Gasteiger partial charge in [0.1, 0.15) is 0 Å². The Labute approximate surface area is 144 Å². The van der Waals surface area contributed by atoms with E-state index in [-0.39, 0.29) is 5.60 Å². The highest BCUT2D eigenvalue weighted by Crippen LogP contribution is 2.24. The Bertz CT molecular complexity index is 446. The average molecular weight is 317 g/mol. The van der Waals surface area contributed by atoms with Gasteiger partial charge in [0.25, 0.3) is 0 Å². The molecule has 0 aliphatic carbocycles. The molecule has 0 amide bonds. The Hall–Kier alpha value is -1.08. The Morgan fingerprint density at radius 3 is 2.39 bits per heavy atom. The van der Waals surface area contributed by atoms with Crippen molar-refractivity contribution in [1.29, 1.82) is 0 Å². The van der Waals surface area contributed by atoms with Gasteiger partial charge in [-0.3, -0.25) is 0 Å². The van der Waals surface area contributed by atoms with Gasteiger partial charge in [0, 0.05) is 0 Å². The zero-order valence-corrected chi connectivity index (χ0v) is 15.9. The van der Waals surface area contributed by atoms with Crippen molar-refractivity contribution in [3.8, 4) is 0 Å². The maximum Gasteiger partial charge on any atom is 0.0658 e. The highest BCUT2D eigenvalue weighted by Gasteiger charge is 2.21. The molecule has 23 heavy (non-hydrogen) atoms. The summed E-state index contributed by atoms with van der Waals surface area (Å²) in [5.74, 6) is 0.835. The Balaban J connectivity index is 2.38. The van der Waals surface area contributed by atoms with Gasteiger partial charge in [-0.15, -0.1) is 0 Å². The Kier molecular flexibility index (Phi) is 9.24. The molecule has 130 valence electrons. The number of ether oxygens (including phenoxy) is 1. The van der Waals surface area contributed by atoms with Crippen molar-refractivity contribution in [3.63, 3.8) is 0 Å². The number of aryl methyl sites for hydroxylation is 1. The van der Waals surface area contributed by atoms with Crippen LogP contribution < -0.4 is 0 Å². The summed E-state index contributed by atoms with van der Waals surface area (Å²) in [4.78, 5) is 0. The molecule has 1 aromatic rings. The average Bonchev–Trinajstić information content (AvgIpc) is 2.59. The molecule has 0 aliphatic rings. The quantitative estimate of drug-likeness (QED) is 0.443. The Morgan fingerprint density at radius 2 is 1.83 bits per heavy atom. The van der Waals surface area contributed by atoms with Gasteiger partial charge in [-0.2, -0.15) is 0 Å². The molecule has 0 bridgehead atoms. The van der Waals surface area contributed by atoms with Crippen molar-refractivity contribution in [1.82, 2.24) is 0 Å². The zero-order chi connectivity index (χ0) is 17.1. The minimum atomic E-state index is 0.0177. The lowest BCUT2D eigenvalue weighted by Crippen LogP contribution is -2.28. The van der Waals surface area contributed by atoms with Gasteiger partial charge >= 0.3 is 0 Å². The minimum Gasteiger partial charge on any atom is -0.371 e. The first-order valence-electron chi connectivity index (χ1n) is 9.42. The first kappa shape index (κ1) is 20.0. The first-order valence-corrected chi connectivity index (χ1v) is 9.42. The molecule has 0 radical (unpaired) electrons. The van der Waals surface area contributed by atoms with Crippen molar-refractivity contribution in [2.24, 2.45) is 5.92 Å². The van der Waals surface area contributed by atoms with E-state index in [9.17, 15) is 0 Å². The van der Waals surface area contributed by atoms with Crippen molar-refractivity contribution < 1.29 is 4.74 Å². The van der Waals surface area contributed by atoms with Gasteiger partial charge in [-0.25, -0.2) is 0 Å². The second-order valence-corrected chi connectivity index (χ2v) is 7.02. The fourth-order valence-electron chi connectivity index (χ4n) is 2.68. The topological polar surface area (TPSA) is 9.23 Å². The van der Waals surface area contributed by atoms with Crippen molar-refractivity contribution in [2.45, 2.75) is 78.7 Å². The number of hydrogen-bond donors (Lipinski definition) is 0. The van der Waals surface area contributed by atoms with E-state index >= 15 is 0 Å². The lowest BCUT2D eigenvalue weighted by Gasteiger charge is -2.28.